The predicted octanol–water partition coefficient (Wildman–Crippen LogP) is 3.62. The Bertz CT molecular complexity index is 634. The topological polar surface area (TPSA) is 44.8 Å². The molecule has 1 saturated heterocycles. The summed E-state index contributed by atoms with van der Waals surface area (Å²) in [5, 5.41) is 0. The number of ether oxygens (including phenoxy) is 3. The maximum absolute atomic E-state index is 11.3. The number of fused-ring (bicyclic) bond motifs is 2. The van der Waals surface area contributed by atoms with Crippen molar-refractivity contribution in [2.45, 2.75) is 51.7 Å². The molecule has 4 nitrogen and oxygen atoms in total. The third-order valence-corrected chi connectivity index (χ3v) is 4.47. The van der Waals surface area contributed by atoms with Gasteiger partial charge in [0, 0.05) is 20.0 Å². The standard InChI is InChI=1S/C18H22O4/c1-5-20-15-10-18(4)14-9-7-6-8-13(14)16(15)17(22-18)11(2)21-12(3)19/h6-9,15-16H,5,10H2,1-4H3/b17-11-/t15-,16-,18-/m1/s1. The molecule has 1 aromatic carbocycles. The lowest BCUT2D eigenvalue weighted by Crippen LogP contribution is -2.48. The summed E-state index contributed by atoms with van der Waals surface area (Å²) in [6.07, 6.45) is 0.846. The largest absolute Gasteiger partial charge is 0.483 e. The van der Waals surface area contributed by atoms with Crippen molar-refractivity contribution >= 4 is 5.97 Å². The number of rotatable bonds is 3. The highest BCUT2D eigenvalue weighted by Gasteiger charge is 2.52. The van der Waals surface area contributed by atoms with Crippen molar-refractivity contribution in [3.63, 3.8) is 0 Å². The van der Waals surface area contributed by atoms with Crippen LogP contribution in [0.4, 0.5) is 0 Å². The van der Waals surface area contributed by atoms with E-state index < -0.39 is 5.60 Å². The number of carbonyl (C=O) groups is 1. The van der Waals surface area contributed by atoms with E-state index in [-0.39, 0.29) is 18.0 Å². The van der Waals surface area contributed by atoms with E-state index in [0.717, 1.165) is 12.2 Å². The van der Waals surface area contributed by atoms with Crippen LogP contribution in [0.2, 0.25) is 0 Å². The van der Waals surface area contributed by atoms with E-state index in [0.29, 0.717) is 12.4 Å². The minimum Gasteiger partial charge on any atom is -0.483 e. The first-order valence-corrected chi connectivity index (χ1v) is 7.75. The Morgan fingerprint density at radius 3 is 2.77 bits per heavy atom. The summed E-state index contributed by atoms with van der Waals surface area (Å²) in [6, 6.07) is 8.30. The van der Waals surface area contributed by atoms with Crippen LogP contribution in [0.1, 0.15) is 51.2 Å². The summed E-state index contributed by atoms with van der Waals surface area (Å²) in [7, 11) is 0. The van der Waals surface area contributed by atoms with Gasteiger partial charge in [0.2, 0.25) is 0 Å². The first kappa shape index (κ1) is 15.1. The molecule has 1 aromatic rings. The predicted molar refractivity (Wildman–Crippen MR) is 82.1 cm³/mol. The highest BCUT2D eigenvalue weighted by Crippen LogP contribution is 2.55. The number of hydrogen-bond acceptors (Lipinski definition) is 4. The van der Waals surface area contributed by atoms with E-state index >= 15 is 0 Å². The van der Waals surface area contributed by atoms with Crippen molar-refractivity contribution in [2.75, 3.05) is 6.61 Å². The van der Waals surface area contributed by atoms with Gasteiger partial charge < -0.3 is 14.2 Å². The molecule has 4 heteroatoms. The van der Waals surface area contributed by atoms with E-state index in [2.05, 4.69) is 19.1 Å². The molecule has 2 aliphatic heterocycles. The molecule has 3 atom stereocenters. The molecule has 1 aliphatic carbocycles. The molecule has 0 N–H and O–H groups in total. The normalized spacial score (nSPS) is 31.3. The number of esters is 1. The third kappa shape index (κ3) is 2.31. The summed E-state index contributed by atoms with van der Waals surface area (Å²) < 4.78 is 17.5. The van der Waals surface area contributed by atoms with E-state index in [9.17, 15) is 4.79 Å². The number of benzene rings is 1. The van der Waals surface area contributed by atoms with Crippen LogP contribution in [0.25, 0.3) is 0 Å². The minimum absolute atomic E-state index is 0.0164. The van der Waals surface area contributed by atoms with Crippen LogP contribution < -0.4 is 0 Å². The Balaban J connectivity index is 2.13. The number of hydrogen-bond donors (Lipinski definition) is 0. The van der Waals surface area contributed by atoms with Crippen LogP contribution in [0.15, 0.2) is 35.8 Å². The van der Waals surface area contributed by atoms with Gasteiger partial charge in [-0.05, 0) is 31.9 Å². The summed E-state index contributed by atoms with van der Waals surface area (Å²) in [5.41, 5.74) is 1.97. The van der Waals surface area contributed by atoms with Crippen molar-refractivity contribution in [3.05, 3.63) is 46.9 Å². The van der Waals surface area contributed by atoms with Crippen molar-refractivity contribution in [2.24, 2.45) is 0 Å². The van der Waals surface area contributed by atoms with Gasteiger partial charge in [0.25, 0.3) is 0 Å². The SMILES string of the molecule is CCO[C@@H]1C[C@@]2(C)O/C(=C(/C)OC(C)=O)[C@@H]1c1ccccc12. The van der Waals surface area contributed by atoms with Gasteiger partial charge in [-0.15, -0.1) is 0 Å². The van der Waals surface area contributed by atoms with Gasteiger partial charge >= 0.3 is 5.97 Å². The highest BCUT2D eigenvalue weighted by molar-refractivity contribution is 5.67. The number of allylic oxidation sites excluding steroid dienone is 1. The average molecular weight is 302 g/mol. The van der Waals surface area contributed by atoms with Gasteiger partial charge in [0.1, 0.15) is 17.1 Å². The van der Waals surface area contributed by atoms with Gasteiger partial charge in [-0.1, -0.05) is 24.3 Å². The Hall–Kier alpha value is -1.81. The van der Waals surface area contributed by atoms with Crippen molar-refractivity contribution < 1.29 is 19.0 Å². The zero-order valence-corrected chi connectivity index (χ0v) is 13.5. The molecule has 118 valence electrons. The van der Waals surface area contributed by atoms with Crippen LogP contribution in [0, 0.1) is 0 Å². The van der Waals surface area contributed by atoms with Gasteiger partial charge in [0.15, 0.2) is 0 Å². The second-order valence-electron chi connectivity index (χ2n) is 6.11. The molecule has 0 aromatic heterocycles. The fraction of sp³-hybridized carbons (Fsp3) is 0.500. The molecule has 2 heterocycles. The quantitative estimate of drug-likeness (QED) is 0.632. The van der Waals surface area contributed by atoms with E-state index in [1.807, 2.05) is 19.1 Å². The van der Waals surface area contributed by atoms with Gasteiger partial charge in [-0.2, -0.15) is 0 Å². The summed E-state index contributed by atoms with van der Waals surface area (Å²) in [4.78, 5) is 11.3. The molecule has 1 fully saturated rings. The lowest BCUT2D eigenvalue weighted by Gasteiger charge is -2.51. The van der Waals surface area contributed by atoms with Crippen LogP contribution in [-0.2, 0) is 24.6 Å². The fourth-order valence-corrected chi connectivity index (χ4v) is 3.70. The van der Waals surface area contributed by atoms with E-state index in [1.54, 1.807) is 6.92 Å². The smallest absolute Gasteiger partial charge is 0.307 e. The fourth-order valence-electron chi connectivity index (χ4n) is 3.70. The third-order valence-electron chi connectivity index (χ3n) is 4.47. The van der Waals surface area contributed by atoms with Gasteiger partial charge in [0.05, 0.1) is 12.0 Å². The second kappa shape index (κ2) is 5.43. The van der Waals surface area contributed by atoms with Crippen LogP contribution in [0.3, 0.4) is 0 Å². The second-order valence-corrected chi connectivity index (χ2v) is 6.11. The van der Waals surface area contributed by atoms with Crippen molar-refractivity contribution in [1.82, 2.24) is 0 Å². The molecular weight excluding hydrogens is 280 g/mol. The summed E-state index contributed by atoms with van der Waals surface area (Å²) in [5.74, 6) is 0.905. The molecule has 22 heavy (non-hydrogen) atoms. The van der Waals surface area contributed by atoms with Gasteiger partial charge in [-0.25, -0.2) is 0 Å². The lowest BCUT2D eigenvalue weighted by molar-refractivity contribution is -0.141. The summed E-state index contributed by atoms with van der Waals surface area (Å²) in [6.45, 7) is 7.92. The Kier molecular flexibility index (Phi) is 3.73. The molecule has 0 spiro atoms. The van der Waals surface area contributed by atoms with E-state index in [1.165, 1.54) is 18.1 Å². The Morgan fingerprint density at radius 1 is 1.36 bits per heavy atom. The maximum Gasteiger partial charge on any atom is 0.307 e. The zero-order chi connectivity index (χ0) is 15.9. The van der Waals surface area contributed by atoms with Crippen LogP contribution >= 0.6 is 0 Å². The maximum atomic E-state index is 11.3. The van der Waals surface area contributed by atoms with Crippen molar-refractivity contribution in [3.8, 4) is 0 Å². The monoisotopic (exact) mass is 302 g/mol. The molecule has 0 unspecified atom stereocenters. The molecule has 4 rings (SSSR count). The lowest BCUT2D eigenvalue weighted by atomic mass is 9.69. The van der Waals surface area contributed by atoms with Crippen molar-refractivity contribution in [1.29, 1.82) is 0 Å². The van der Waals surface area contributed by atoms with E-state index in [4.69, 9.17) is 14.2 Å². The first-order valence-electron chi connectivity index (χ1n) is 7.75. The highest BCUT2D eigenvalue weighted by atomic mass is 16.6. The van der Waals surface area contributed by atoms with Gasteiger partial charge in [-0.3, -0.25) is 4.79 Å². The zero-order valence-electron chi connectivity index (χ0n) is 13.5. The molecule has 0 saturated carbocycles. The molecule has 0 amide bonds. The minimum atomic E-state index is -0.443. The van der Waals surface area contributed by atoms with Crippen LogP contribution in [0.5, 0.6) is 0 Å². The molecule has 3 aliphatic rings. The molecule has 0 radical (unpaired) electrons. The first-order chi connectivity index (χ1) is 10.5. The Labute approximate surface area is 131 Å². The molecular formula is C18H22O4. The summed E-state index contributed by atoms with van der Waals surface area (Å²) >= 11 is 0. The Morgan fingerprint density at radius 2 is 2.09 bits per heavy atom. The average Bonchev–Trinajstić information content (AvgIpc) is 2.46. The van der Waals surface area contributed by atoms with Crippen LogP contribution in [-0.4, -0.2) is 18.7 Å². The number of carbonyl (C=O) groups excluding carboxylic acids is 1. The molecule has 2 bridgehead atoms.